The number of benzene rings is 1. The van der Waals surface area contributed by atoms with Crippen LogP contribution in [0.4, 0.5) is 0 Å². The van der Waals surface area contributed by atoms with Crippen molar-refractivity contribution in [1.29, 1.82) is 0 Å². The summed E-state index contributed by atoms with van der Waals surface area (Å²) in [4.78, 5) is 16.1. The molecule has 0 aliphatic carbocycles. The van der Waals surface area contributed by atoms with Crippen molar-refractivity contribution in [2.75, 3.05) is 39.4 Å². The number of nitrogens with one attached hydrogen (secondary N) is 1. The van der Waals surface area contributed by atoms with Crippen molar-refractivity contribution < 1.29 is 17.9 Å². The van der Waals surface area contributed by atoms with Crippen LogP contribution in [-0.4, -0.2) is 73.1 Å². The highest BCUT2D eigenvalue weighted by Crippen LogP contribution is 2.41. The Labute approximate surface area is 178 Å². The molecule has 1 aromatic carbocycles. The molecule has 2 fully saturated rings. The van der Waals surface area contributed by atoms with Gasteiger partial charge >= 0.3 is 0 Å². The van der Waals surface area contributed by atoms with Crippen molar-refractivity contribution >= 4 is 37.4 Å². The third-order valence-corrected chi connectivity index (χ3v) is 8.80. The molecule has 0 spiro atoms. The van der Waals surface area contributed by atoms with Crippen LogP contribution < -0.4 is 0 Å². The van der Waals surface area contributed by atoms with Gasteiger partial charge in [0, 0.05) is 43.0 Å². The first-order valence-corrected chi connectivity index (χ1v) is 12.2. The molecule has 1 N–H and O–H groups in total. The lowest BCUT2D eigenvalue weighted by Gasteiger charge is -2.27. The number of ether oxygens (including phenoxy) is 1. The highest BCUT2D eigenvalue weighted by Gasteiger charge is 2.37. The fourth-order valence-corrected chi connectivity index (χ4v) is 6.92. The van der Waals surface area contributed by atoms with Gasteiger partial charge in [-0.3, -0.25) is 9.89 Å². The van der Waals surface area contributed by atoms with E-state index in [0.29, 0.717) is 45.8 Å². The van der Waals surface area contributed by atoms with Crippen LogP contribution in [0.15, 0.2) is 41.6 Å². The molecule has 5 rings (SSSR count). The van der Waals surface area contributed by atoms with Gasteiger partial charge in [0.1, 0.15) is 4.90 Å². The van der Waals surface area contributed by atoms with E-state index in [1.54, 1.807) is 0 Å². The number of rotatable bonds is 4. The van der Waals surface area contributed by atoms with Crippen molar-refractivity contribution in [1.82, 2.24) is 19.4 Å². The Hall–Kier alpha value is -2.27. The van der Waals surface area contributed by atoms with Gasteiger partial charge in [0.15, 0.2) is 0 Å². The Balaban J connectivity index is 1.50. The molecule has 2 aliphatic heterocycles. The van der Waals surface area contributed by atoms with Crippen LogP contribution in [0.25, 0.3) is 10.1 Å². The van der Waals surface area contributed by atoms with Crippen LogP contribution >= 0.6 is 11.3 Å². The van der Waals surface area contributed by atoms with Crippen LogP contribution in [-0.2, 0) is 14.8 Å². The van der Waals surface area contributed by atoms with Crippen LogP contribution in [0.3, 0.4) is 0 Å². The summed E-state index contributed by atoms with van der Waals surface area (Å²) >= 11 is 1.50. The van der Waals surface area contributed by atoms with Crippen LogP contribution in [0.5, 0.6) is 0 Å². The van der Waals surface area contributed by atoms with Gasteiger partial charge in [-0.25, -0.2) is 8.42 Å². The summed E-state index contributed by atoms with van der Waals surface area (Å²) in [6, 6.07) is 7.99. The zero-order valence-electron chi connectivity index (χ0n) is 16.3. The number of hydrogen-bond donors (Lipinski definition) is 1. The number of thiophene rings is 1. The monoisotopic (exact) mass is 446 g/mol. The lowest BCUT2D eigenvalue weighted by Crippen LogP contribution is -2.40. The predicted molar refractivity (Wildman–Crippen MR) is 113 cm³/mol. The molecule has 30 heavy (non-hydrogen) atoms. The van der Waals surface area contributed by atoms with Crippen LogP contribution in [0.1, 0.15) is 27.6 Å². The standard InChI is InChI=1S/C20H22N4O4S2/c25-20(23-7-9-28-10-8-23)19-18(16-3-1-2-4-17(16)29-19)14-5-6-24(13-14)30(26,27)15-11-21-22-12-15/h1-4,11-12,14H,5-10,13H2,(H,21,22). The molecule has 2 aromatic heterocycles. The lowest BCUT2D eigenvalue weighted by molar-refractivity contribution is 0.0305. The number of sulfonamides is 1. The number of nitrogens with zero attached hydrogens (tertiary/aromatic N) is 3. The normalized spacial score (nSPS) is 20.8. The second-order valence-electron chi connectivity index (χ2n) is 7.53. The van der Waals surface area contributed by atoms with Gasteiger partial charge in [0.25, 0.3) is 5.91 Å². The number of aromatic amines is 1. The van der Waals surface area contributed by atoms with E-state index in [2.05, 4.69) is 10.2 Å². The molecule has 4 heterocycles. The van der Waals surface area contributed by atoms with Crippen LogP contribution in [0.2, 0.25) is 0 Å². The number of fused-ring (bicyclic) bond motifs is 1. The van der Waals surface area contributed by atoms with E-state index in [1.807, 2.05) is 29.2 Å². The lowest BCUT2D eigenvalue weighted by atomic mass is 9.95. The predicted octanol–water partition coefficient (Wildman–Crippen LogP) is 2.28. The van der Waals surface area contributed by atoms with E-state index in [0.717, 1.165) is 20.5 Å². The maximum absolute atomic E-state index is 13.3. The van der Waals surface area contributed by atoms with Crippen molar-refractivity contribution in [3.63, 3.8) is 0 Å². The number of aromatic nitrogens is 2. The maximum Gasteiger partial charge on any atom is 0.264 e. The minimum atomic E-state index is -3.60. The Bertz CT molecular complexity index is 1170. The molecule has 3 aromatic rings. The molecule has 1 atom stereocenters. The Morgan fingerprint density at radius 2 is 2.00 bits per heavy atom. The summed E-state index contributed by atoms with van der Waals surface area (Å²) < 4.78 is 33.8. The van der Waals surface area contributed by atoms with Gasteiger partial charge in [-0.1, -0.05) is 18.2 Å². The van der Waals surface area contributed by atoms with Gasteiger partial charge < -0.3 is 9.64 Å². The zero-order chi connectivity index (χ0) is 20.7. The highest BCUT2D eigenvalue weighted by atomic mass is 32.2. The van der Waals surface area contributed by atoms with E-state index in [1.165, 1.54) is 28.0 Å². The number of hydrogen-bond acceptors (Lipinski definition) is 6. The molecule has 2 saturated heterocycles. The van der Waals surface area contributed by atoms with Crippen molar-refractivity contribution in [2.24, 2.45) is 0 Å². The molecular formula is C20H22N4O4S2. The average molecular weight is 447 g/mol. The molecule has 0 saturated carbocycles. The first kappa shape index (κ1) is 19.7. The van der Waals surface area contributed by atoms with E-state index in [-0.39, 0.29) is 16.7 Å². The molecule has 1 unspecified atom stereocenters. The maximum atomic E-state index is 13.3. The minimum absolute atomic E-state index is 0.0191. The van der Waals surface area contributed by atoms with Gasteiger partial charge in [0.05, 0.1) is 24.3 Å². The Morgan fingerprint density at radius 1 is 1.20 bits per heavy atom. The molecular weight excluding hydrogens is 424 g/mol. The number of amides is 1. The molecule has 0 radical (unpaired) electrons. The number of morpholine rings is 1. The SMILES string of the molecule is O=C(c1sc2ccccc2c1C1CCN(S(=O)(=O)c2cn[nH]c2)C1)N1CCOCC1. The first-order valence-electron chi connectivity index (χ1n) is 9.93. The molecule has 1 amide bonds. The summed E-state index contributed by atoms with van der Waals surface area (Å²) in [5.41, 5.74) is 0.983. The number of carbonyl (C=O) groups is 1. The molecule has 0 bridgehead atoms. The van der Waals surface area contributed by atoms with Crippen molar-refractivity contribution in [3.05, 3.63) is 47.1 Å². The molecule has 2 aliphatic rings. The van der Waals surface area contributed by atoms with E-state index in [9.17, 15) is 13.2 Å². The van der Waals surface area contributed by atoms with E-state index in [4.69, 9.17) is 4.74 Å². The summed E-state index contributed by atoms with van der Waals surface area (Å²) in [5.74, 6) is -0.00606. The fourth-order valence-electron chi connectivity index (χ4n) is 4.25. The van der Waals surface area contributed by atoms with Gasteiger partial charge in [-0.15, -0.1) is 11.3 Å². The third kappa shape index (κ3) is 3.33. The van der Waals surface area contributed by atoms with Gasteiger partial charge in [-0.05, 0) is 23.4 Å². The summed E-state index contributed by atoms with van der Waals surface area (Å²) in [6.07, 6.45) is 3.41. The second-order valence-corrected chi connectivity index (χ2v) is 10.5. The van der Waals surface area contributed by atoms with E-state index >= 15 is 0 Å². The summed E-state index contributed by atoms with van der Waals surface area (Å²) in [6.45, 7) is 3.04. The van der Waals surface area contributed by atoms with E-state index < -0.39 is 10.0 Å². The number of carbonyl (C=O) groups excluding carboxylic acids is 1. The zero-order valence-corrected chi connectivity index (χ0v) is 17.9. The minimum Gasteiger partial charge on any atom is -0.378 e. The van der Waals surface area contributed by atoms with Gasteiger partial charge in [-0.2, -0.15) is 9.40 Å². The third-order valence-electron chi connectivity index (χ3n) is 5.80. The summed E-state index contributed by atoms with van der Waals surface area (Å²) in [7, 11) is -3.60. The first-order chi connectivity index (χ1) is 14.6. The fraction of sp³-hybridized carbons (Fsp3) is 0.400. The largest absolute Gasteiger partial charge is 0.378 e. The summed E-state index contributed by atoms with van der Waals surface area (Å²) in [5, 5.41) is 7.39. The number of H-pyrrole nitrogens is 1. The smallest absolute Gasteiger partial charge is 0.264 e. The second kappa shape index (κ2) is 7.77. The highest BCUT2D eigenvalue weighted by molar-refractivity contribution is 7.89. The Kier molecular flexibility index (Phi) is 5.10. The average Bonchev–Trinajstić information content (AvgIpc) is 3.53. The topological polar surface area (TPSA) is 95.6 Å². The molecule has 158 valence electrons. The Morgan fingerprint density at radius 3 is 2.77 bits per heavy atom. The molecule has 8 nitrogen and oxygen atoms in total. The quantitative estimate of drug-likeness (QED) is 0.663. The molecule has 10 heteroatoms. The van der Waals surface area contributed by atoms with Crippen molar-refractivity contribution in [3.8, 4) is 0 Å². The van der Waals surface area contributed by atoms with Crippen LogP contribution in [0, 0.1) is 0 Å². The van der Waals surface area contributed by atoms with Gasteiger partial charge in [0.2, 0.25) is 10.0 Å². The van der Waals surface area contributed by atoms with Crippen molar-refractivity contribution in [2.45, 2.75) is 17.2 Å².